The Bertz CT molecular complexity index is 1120. The number of anilines is 1. The van der Waals surface area contributed by atoms with Crippen molar-refractivity contribution in [2.75, 3.05) is 11.1 Å². The van der Waals surface area contributed by atoms with Crippen molar-refractivity contribution in [2.45, 2.75) is 18.7 Å². The van der Waals surface area contributed by atoms with E-state index in [2.05, 4.69) is 10.3 Å². The molecule has 6 nitrogen and oxygen atoms in total. The first-order valence-corrected chi connectivity index (χ1v) is 10.2. The zero-order valence-electron chi connectivity index (χ0n) is 14.1. The Hall–Kier alpha value is -2.58. The number of fused-ring (bicyclic) bond motifs is 1. The SMILES string of the molecule is CC(=O)c1sc(NC(=O)CS(=O)(=O)c2ccc3ccccc3c2)nc1C. The first-order valence-electron chi connectivity index (χ1n) is 7.76. The van der Waals surface area contributed by atoms with E-state index >= 15 is 0 Å². The van der Waals surface area contributed by atoms with E-state index in [-0.39, 0.29) is 15.8 Å². The predicted octanol–water partition coefficient (Wildman–Crippen LogP) is 3.22. The van der Waals surface area contributed by atoms with Crippen LogP contribution in [0.15, 0.2) is 47.4 Å². The number of ketones is 1. The zero-order valence-corrected chi connectivity index (χ0v) is 15.8. The van der Waals surface area contributed by atoms with Crippen LogP contribution >= 0.6 is 11.3 Å². The number of rotatable bonds is 5. The maximum absolute atomic E-state index is 12.5. The summed E-state index contributed by atoms with van der Waals surface area (Å²) in [5.41, 5.74) is 0.509. The van der Waals surface area contributed by atoms with Gasteiger partial charge < -0.3 is 5.32 Å². The summed E-state index contributed by atoms with van der Waals surface area (Å²) in [6.07, 6.45) is 0. The molecule has 0 saturated carbocycles. The molecule has 3 rings (SSSR count). The number of sulfone groups is 1. The molecule has 0 aliphatic carbocycles. The molecular formula is C18H16N2O4S2. The van der Waals surface area contributed by atoms with E-state index in [1.54, 1.807) is 19.1 Å². The molecule has 1 amide bonds. The minimum Gasteiger partial charge on any atom is -0.301 e. The van der Waals surface area contributed by atoms with E-state index in [1.165, 1.54) is 13.0 Å². The Morgan fingerprint density at radius 3 is 2.46 bits per heavy atom. The largest absolute Gasteiger partial charge is 0.301 e. The highest BCUT2D eigenvalue weighted by Gasteiger charge is 2.21. The lowest BCUT2D eigenvalue weighted by Gasteiger charge is -2.06. The molecule has 0 radical (unpaired) electrons. The van der Waals surface area contributed by atoms with Crippen molar-refractivity contribution in [3.63, 3.8) is 0 Å². The molecule has 1 N–H and O–H groups in total. The molecule has 1 aromatic heterocycles. The second-order valence-electron chi connectivity index (χ2n) is 5.81. The molecular weight excluding hydrogens is 372 g/mol. The van der Waals surface area contributed by atoms with Crippen molar-refractivity contribution in [1.29, 1.82) is 0 Å². The number of hydrogen-bond donors (Lipinski definition) is 1. The fraction of sp³-hybridized carbons (Fsp3) is 0.167. The average molecular weight is 388 g/mol. The van der Waals surface area contributed by atoms with Crippen LogP contribution in [-0.2, 0) is 14.6 Å². The molecule has 3 aromatic rings. The minimum absolute atomic E-state index is 0.0890. The fourth-order valence-corrected chi connectivity index (χ4v) is 4.59. The van der Waals surface area contributed by atoms with Crippen LogP contribution in [0.3, 0.4) is 0 Å². The normalized spacial score (nSPS) is 11.5. The lowest BCUT2D eigenvalue weighted by molar-refractivity contribution is -0.113. The maximum atomic E-state index is 12.5. The van der Waals surface area contributed by atoms with Crippen molar-refractivity contribution < 1.29 is 18.0 Å². The molecule has 2 aromatic carbocycles. The monoisotopic (exact) mass is 388 g/mol. The third-order valence-corrected chi connectivity index (χ3v) is 6.55. The number of nitrogens with one attached hydrogen (secondary N) is 1. The molecule has 0 atom stereocenters. The summed E-state index contributed by atoms with van der Waals surface area (Å²) in [5.74, 6) is -1.54. The van der Waals surface area contributed by atoms with E-state index in [9.17, 15) is 18.0 Å². The number of nitrogens with zero attached hydrogens (tertiary/aromatic N) is 1. The standard InChI is InChI=1S/C18H16N2O4S2/c1-11-17(12(2)21)25-18(19-11)20-16(22)10-26(23,24)15-8-7-13-5-3-4-6-14(13)9-15/h3-9H,10H2,1-2H3,(H,19,20,22). The fourth-order valence-electron chi connectivity index (χ4n) is 2.55. The van der Waals surface area contributed by atoms with E-state index in [0.29, 0.717) is 10.6 Å². The summed E-state index contributed by atoms with van der Waals surface area (Å²) in [6.45, 7) is 3.07. The summed E-state index contributed by atoms with van der Waals surface area (Å²) >= 11 is 1.03. The van der Waals surface area contributed by atoms with Crippen molar-refractivity contribution >= 4 is 48.8 Å². The molecule has 26 heavy (non-hydrogen) atoms. The summed E-state index contributed by atoms with van der Waals surface area (Å²) in [5, 5.41) is 4.38. The maximum Gasteiger partial charge on any atom is 0.241 e. The quantitative estimate of drug-likeness (QED) is 0.678. The topological polar surface area (TPSA) is 93.2 Å². The van der Waals surface area contributed by atoms with E-state index in [4.69, 9.17) is 0 Å². The number of benzene rings is 2. The van der Waals surface area contributed by atoms with Crippen LogP contribution in [0.25, 0.3) is 10.8 Å². The molecule has 1 heterocycles. The number of Topliss-reactive ketones (excluding diaryl/α,β-unsaturated/α-hetero) is 1. The Labute approximate surface area is 154 Å². The molecule has 0 saturated heterocycles. The van der Waals surface area contributed by atoms with Gasteiger partial charge in [-0.1, -0.05) is 41.7 Å². The molecule has 134 valence electrons. The molecule has 0 bridgehead atoms. The van der Waals surface area contributed by atoms with Crippen molar-refractivity contribution in [2.24, 2.45) is 0 Å². The Morgan fingerprint density at radius 2 is 1.81 bits per heavy atom. The van der Waals surface area contributed by atoms with Crippen LogP contribution in [-0.4, -0.2) is 30.8 Å². The number of hydrogen-bond acceptors (Lipinski definition) is 6. The molecule has 8 heteroatoms. The van der Waals surface area contributed by atoms with Gasteiger partial charge in [-0.15, -0.1) is 0 Å². The van der Waals surface area contributed by atoms with Gasteiger partial charge in [-0.25, -0.2) is 13.4 Å². The first kappa shape index (κ1) is 18.2. The number of aromatic nitrogens is 1. The van der Waals surface area contributed by atoms with Crippen LogP contribution in [0, 0.1) is 6.92 Å². The van der Waals surface area contributed by atoms with Crippen LogP contribution in [0.5, 0.6) is 0 Å². The minimum atomic E-state index is -3.79. The Morgan fingerprint density at radius 1 is 1.12 bits per heavy atom. The predicted molar refractivity (Wildman–Crippen MR) is 101 cm³/mol. The molecule has 0 fully saturated rings. The van der Waals surface area contributed by atoms with E-state index < -0.39 is 21.5 Å². The highest BCUT2D eigenvalue weighted by atomic mass is 32.2. The van der Waals surface area contributed by atoms with Gasteiger partial charge in [-0.05, 0) is 29.8 Å². The van der Waals surface area contributed by atoms with E-state index in [1.807, 2.05) is 24.3 Å². The van der Waals surface area contributed by atoms with Gasteiger partial charge in [0.1, 0.15) is 5.75 Å². The number of amides is 1. The van der Waals surface area contributed by atoms with Crippen molar-refractivity contribution in [3.05, 3.63) is 53.0 Å². The van der Waals surface area contributed by atoms with Crippen LogP contribution in [0.1, 0.15) is 22.3 Å². The molecule has 0 aliphatic heterocycles. The molecule has 0 unspecified atom stereocenters. The number of carbonyl (C=O) groups is 2. The summed E-state index contributed by atoms with van der Waals surface area (Å²) in [4.78, 5) is 28.2. The number of aryl methyl sites for hydroxylation is 1. The van der Waals surface area contributed by atoms with Gasteiger partial charge in [0.2, 0.25) is 5.91 Å². The molecule has 0 aliphatic rings. The Kier molecular flexibility index (Phi) is 4.88. The van der Waals surface area contributed by atoms with Gasteiger partial charge in [0.05, 0.1) is 15.5 Å². The number of carbonyl (C=O) groups excluding carboxylic acids is 2. The van der Waals surface area contributed by atoms with Gasteiger partial charge in [0, 0.05) is 6.92 Å². The first-order chi connectivity index (χ1) is 12.3. The van der Waals surface area contributed by atoms with Gasteiger partial charge in [0.15, 0.2) is 20.8 Å². The highest BCUT2D eigenvalue weighted by Crippen LogP contribution is 2.24. The van der Waals surface area contributed by atoms with Gasteiger partial charge >= 0.3 is 0 Å². The van der Waals surface area contributed by atoms with E-state index in [0.717, 1.165) is 22.1 Å². The molecule has 0 spiro atoms. The van der Waals surface area contributed by atoms with Gasteiger partial charge in [0.25, 0.3) is 0 Å². The zero-order chi connectivity index (χ0) is 18.9. The van der Waals surface area contributed by atoms with Crippen LogP contribution in [0.4, 0.5) is 5.13 Å². The van der Waals surface area contributed by atoms with Crippen molar-refractivity contribution in [1.82, 2.24) is 4.98 Å². The summed E-state index contributed by atoms with van der Waals surface area (Å²) in [7, 11) is -3.79. The Balaban J connectivity index is 1.78. The third-order valence-electron chi connectivity index (χ3n) is 3.76. The summed E-state index contributed by atoms with van der Waals surface area (Å²) < 4.78 is 25.0. The average Bonchev–Trinajstić information content (AvgIpc) is 2.94. The lowest BCUT2D eigenvalue weighted by Crippen LogP contribution is -2.23. The third kappa shape index (κ3) is 3.81. The van der Waals surface area contributed by atoms with Crippen molar-refractivity contribution in [3.8, 4) is 0 Å². The summed E-state index contributed by atoms with van der Waals surface area (Å²) in [6, 6.07) is 12.2. The second kappa shape index (κ2) is 6.97. The second-order valence-corrected chi connectivity index (χ2v) is 8.79. The van der Waals surface area contributed by atoms with Gasteiger partial charge in [-0.3, -0.25) is 9.59 Å². The van der Waals surface area contributed by atoms with Crippen LogP contribution < -0.4 is 5.32 Å². The van der Waals surface area contributed by atoms with Gasteiger partial charge in [-0.2, -0.15) is 0 Å². The van der Waals surface area contributed by atoms with Crippen LogP contribution in [0.2, 0.25) is 0 Å². The highest BCUT2D eigenvalue weighted by molar-refractivity contribution is 7.92. The lowest BCUT2D eigenvalue weighted by atomic mass is 10.1. The smallest absolute Gasteiger partial charge is 0.241 e. The number of thiazole rings is 1.